The van der Waals surface area contributed by atoms with E-state index in [1.54, 1.807) is 0 Å². The Morgan fingerprint density at radius 1 is 1.08 bits per heavy atom. The standard InChI is InChI=1S/C21H26O4/c1-14-17-9-8-16(18(22)15-6-4-3-5-7-15)19(23)20(17,2)10-11-21(14)24-12-13-25-21/h3-7,14,16-17H,8-13H2,1-2H3/t14-,16?,17-,20-/m0/s1. The van der Waals surface area contributed by atoms with Gasteiger partial charge in [-0.3, -0.25) is 9.59 Å². The van der Waals surface area contributed by atoms with Gasteiger partial charge in [0.15, 0.2) is 11.6 Å². The molecule has 0 N–H and O–H groups in total. The van der Waals surface area contributed by atoms with Gasteiger partial charge in [0.1, 0.15) is 5.78 Å². The van der Waals surface area contributed by atoms with Gasteiger partial charge < -0.3 is 9.47 Å². The summed E-state index contributed by atoms with van der Waals surface area (Å²) in [6.07, 6.45) is 2.98. The number of ketones is 2. The molecule has 25 heavy (non-hydrogen) atoms. The topological polar surface area (TPSA) is 52.6 Å². The molecular weight excluding hydrogens is 316 g/mol. The summed E-state index contributed by atoms with van der Waals surface area (Å²) in [6.45, 7) is 5.48. The molecule has 4 heteroatoms. The number of fused-ring (bicyclic) bond motifs is 1. The van der Waals surface area contributed by atoms with E-state index in [4.69, 9.17) is 9.47 Å². The number of Topliss-reactive ketones (excluding diaryl/α,β-unsaturated/α-hetero) is 2. The van der Waals surface area contributed by atoms with Crippen LogP contribution in [0, 0.1) is 23.2 Å². The lowest BCUT2D eigenvalue weighted by molar-refractivity contribution is -0.243. The average molecular weight is 342 g/mol. The highest BCUT2D eigenvalue weighted by atomic mass is 16.7. The molecule has 1 spiro atoms. The van der Waals surface area contributed by atoms with Crippen molar-refractivity contribution >= 4 is 11.6 Å². The molecule has 1 aliphatic heterocycles. The normalized spacial score (nSPS) is 37.0. The first kappa shape index (κ1) is 16.9. The summed E-state index contributed by atoms with van der Waals surface area (Å²) in [7, 11) is 0. The molecule has 3 aliphatic rings. The summed E-state index contributed by atoms with van der Waals surface area (Å²) in [4.78, 5) is 26.2. The second kappa shape index (κ2) is 6.03. The van der Waals surface area contributed by atoms with Crippen molar-refractivity contribution in [3.8, 4) is 0 Å². The number of ether oxygens (including phenoxy) is 2. The van der Waals surface area contributed by atoms with Crippen LogP contribution in [-0.4, -0.2) is 30.6 Å². The van der Waals surface area contributed by atoms with Crippen molar-refractivity contribution in [2.24, 2.45) is 23.2 Å². The van der Waals surface area contributed by atoms with Gasteiger partial charge in [-0.05, 0) is 25.2 Å². The molecule has 2 aliphatic carbocycles. The molecule has 0 amide bonds. The van der Waals surface area contributed by atoms with Crippen LogP contribution in [0.3, 0.4) is 0 Å². The van der Waals surface area contributed by atoms with Crippen LogP contribution in [0.5, 0.6) is 0 Å². The van der Waals surface area contributed by atoms with Crippen LogP contribution >= 0.6 is 0 Å². The van der Waals surface area contributed by atoms with E-state index < -0.39 is 17.1 Å². The first-order chi connectivity index (χ1) is 12.0. The molecule has 1 aromatic rings. The van der Waals surface area contributed by atoms with Gasteiger partial charge in [-0.1, -0.05) is 44.2 Å². The monoisotopic (exact) mass is 342 g/mol. The van der Waals surface area contributed by atoms with Crippen molar-refractivity contribution in [1.82, 2.24) is 0 Å². The Labute approximate surface area is 148 Å². The van der Waals surface area contributed by atoms with E-state index in [1.807, 2.05) is 30.3 Å². The lowest BCUT2D eigenvalue weighted by Crippen LogP contribution is -2.58. The zero-order chi connectivity index (χ0) is 17.7. The molecule has 4 atom stereocenters. The summed E-state index contributed by atoms with van der Waals surface area (Å²) in [5.74, 6) is -0.530. The van der Waals surface area contributed by atoms with Gasteiger partial charge in [-0.2, -0.15) is 0 Å². The third kappa shape index (κ3) is 2.49. The predicted octanol–water partition coefficient (Wildman–Crippen LogP) is 3.64. The minimum absolute atomic E-state index is 0.0217. The van der Waals surface area contributed by atoms with Gasteiger partial charge in [0, 0.05) is 23.3 Å². The fourth-order valence-corrected chi connectivity index (χ4v) is 5.39. The Morgan fingerprint density at radius 3 is 2.44 bits per heavy atom. The lowest BCUT2D eigenvalue weighted by Gasteiger charge is -2.54. The Kier molecular flexibility index (Phi) is 4.08. The maximum absolute atomic E-state index is 13.3. The second-order valence-electron chi connectivity index (χ2n) is 8.05. The maximum atomic E-state index is 13.3. The second-order valence-corrected chi connectivity index (χ2v) is 8.05. The SMILES string of the molecule is C[C@H]1[C@@H]2CCC(C(=O)c3ccccc3)C(=O)[C@@]2(C)CCC12OCCO2. The van der Waals surface area contributed by atoms with Crippen LogP contribution in [0.1, 0.15) is 49.9 Å². The highest BCUT2D eigenvalue weighted by molar-refractivity contribution is 6.12. The zero-order valence-electron chi connectivity index (χ0n) is 15.0. The molecule has 0 aromatic heterocycles. The molecule has 4 nitrogen and oxygen atoms in total. The summed E-state index contributed by atoms with van der Waals surface area (Å²) >= 11 is 0. The molecule has 4 rings (SSSR count). The number of carbonyl (C=O) groups is 2. The molecule has 1 saturated heterocycles. The Hall–Kier alpha value is -1.52. The van der Waals surface area contributed by atoms with Crippen molar-refractivity contribution in [3.63, 3.8) is 0 Å². The minimum Gasteiger partial charge on any atom is -0.347 e. The van der Waals surface area contributed by atoms with Crippen LogP contribution in [0.25, 0.3) is 0 Å². The minimum atomic E-state index is -0.513. The summed E-state index contributed by atoms with van der Waals surface area (Å²) < 4.78 is 11.9. The molecular formula is C21H26O4. The van der Waals surface area contributed by atoms with E-state index in [9.17, 15) is 9.59 Å². The van der Waals surface area contributed by atoms with Crippen LogP contribution in [0.2, 0.25) is 0 Å². The van der Waals surface area contributed by atoms with Crippen LogP contribution < -0.4 is 0 Å². The van der Waals surface area contributed by atoms with Gasteiger partial charge in [0.05, 0.1) is 19.1 Å². The molecule has 1 unspecified atom stereocenters. The Morgan fingerprint density at radius 2 is 1.76 bits per heavy atom. The fourth-order valence-electron chi connectivity index (χ4n) is 5.39. The molecule has 0 bridgehead atoms. The molecule has 1 aromatic carbocycles. The largest absolute Gasteiger partial charge is 0.347 e. The van der Waals surface area contributed by atoms with Crippen LogP contribution in [-0.2, 0) is 14.3 Å². The molecule has 0 radical (unpaired) electrons. The average Bonchev–Trinajstić information content (AvgIpc) is 3.11. The third-order valence-corrected chi connectivity index (χ3v) is 6.91. The van der Waals surface area contributed by atoms with Gasteiger partial charge in [-0.15, -0.1) is 0 Å². The van der Waals surface area contributed by atoms with Crippen LogP contribution in [0.15, 0.2) is 30.3 Å². The molecule has 3 fully saturated rings. The van der Waals surface area contributed by atoms with Gasteiger partial charge in [-0.25, -0.2) is 0 Å². The van der Waals surface area contributed by atoms with E-state index in [2.05, 4.69) is 13.8 Å². The van der Waals surface area contributed by atoms with Crippen molar-refractivity contribution in [3.05, 3.63) is 35.9 Å². The highest BCUT2D eigenvalue weighted by Crippen LogP contribution is 2.57. The van der Waals surface area contributed by atoms with E-state index in [0.29, 0.717) is 25.2 Å². The summed E-state index contributed by atoms with van der Waals surface area (Å²) in [6, 6.07) is 9.21. The number of carbonyl (C=O) groups excluding carboxylic acids is 2. The molecule has 1 heterocycles. The van der Waals surface area contributed by atoms with Gasteiger partial charge in [0.2, 0.25) is 0 Å². The first-order valence-electron chi connectivity index (χ1n) is 9.39. The smallest absolute Gasteiger partial charge is 0.173 e. The quantitative estimate of drug-likeness (QED) is 0.608. The zero-order valence-corrected chi connectivity index (χ0v) is 15.0. The third-order valence-electron chi connectivity index (χ3n) is 6.91. The van der Waals surface area contributed by atoms with Crippen LogP contribution in [0.4, 0.5) is 0 Å². The van der Waals surface area contributed by atoms with Crippen molar-refractivity contribution < 1.29 is 19.1 Å². The fraction of sp³-hybridized carbons (Fsp3) is 0.619. The van der Waals surface area contributed by atoms with E-state index >= 15 is 0 Å². The number of rotatable bonds is 2. The van der Waals surface area contributed by atoms with Crippen molar-refractivity contribution in [2.45, 2.75) is 45.3 Å². The number of hydrogen-bond acceptors (Lipinski definition) is 4. The van der Waals surface area contributed by atoms with Crippen molar-refractivity contribution in [2.75, 3.05) is 13.2 Å². The Balaban J connectivity index is 1.59. The summed E-state index contributed by atoms with van der Waals surface area (Å²) in [5, 5.41) is 0. The van der Waals surface area contributed by atoms with E-state index in [1.165, 1.54) is 0 Å². The lowest BCUT2D eigenvalue weighted by atomic mass is 9.52. The van der Waals surface area contributed by atoms with Crippen molar-refractivity contribution in [1.29, 1.82) is 0 Å². The van der Waals surface area contributed by atoms with Gasteiger partial charge in [0.25, 0.3) is 0 Å². The maximum Gasteiger partial charge on any atom is 0.173 e. The van der Waals surface area contributed by atoms with E-state index in [-0.39, 0.29) is 23.4 Å². The predicted molar refractivity (Wildman–Crippen MR) is 93.1 cm³/mol. The number of hydrogen-bond donors (Lipinski definition) is 0. The highest BCUT2D eigenvalue weighted by Gasteiger charge is 2.60. The molecule has 2 saturated carbocycles. The Bertz CT molecular complexity index is 676. The van der Waals surface area contributed by atoms with E-state index in [0.717, 1.165) is 19.3 Å². The first-order valence-corrected chi connectivity index (χ1v) is 9.39. The molecule has 134 valence electrons. The van der Waals surface area contributed by atoms with Gasteiger partial charge >= 0.3 is 0 Å². The number of benzene rings is 1. The summed E-state index contributed by atoms with van der Waals surface area (Å²) in [5.41, 5.74) is 0.193.